The van der Waals surface area contributed by atoms with E-state index in [4.69, 9.17) is 9.47 Å². The van der Waals surface area contributed by atoms with Gasteiger partial charge in [-0.1, -0.05) is 0 Å². The van der Waals surface area contributed by atoms with E-state index in [1.807, 2.05) is 0 Å². The van der Waals surface area contributed by atoms with Crippen LogP contribution in [0.5, 0.6) is 11.5 Å². The van der Waals surface area contributed by atoms with Crippen molar-refractivity contribution in [2.24, 2.45) is 0 Å². The minimum Gasteiger partial charge on any atom is -0.454 e. The normalized spacial score (nSPS) is 20.2. The molecule has 1 atom stereocenters. The molecule has 0 aromatic heterocycles. The van der Waals surface area contributed by atoms with Crippen LogP contribution in [0.1, 0.15) is 23.2 Å². The first kappa shape index (κ1) is 11.8. The minimum absolute atomic E-state index is 0.0328. The number of carbonyl (C=O) groups is 2. The molecule has 1 unspecified atom stereocenters. The Balaban J connectivity index is 1.59. The van der Waals surface area contributed by atoms with Gasteiger partial charge in [0.1, 0.15) is 0 Å². The molecule has 0 spiro atoms. The van der Waals surface area contributed by atoms with Gasteiger partial charge in [-0.2, -0.15) is 0 Å². The second kappa shape index (κ2) is 4.79. The number of nitrogens with one attached hydrogen (secondary N) is 2. The lowest BCUT2D eigenvalue weighted by Crippen LogP contribution is -2.38. The molecule has 2 aliphatic heterocycles. The zero-order chi connectivity index (χ0) is 13.2. The molecule has 0 saturated carbocycles. The standard InChI is InChI=1S/C13H14N2O4/c16-12-4-2-9(15-12)6-14-13(17)8-1-3-10-11(5-8)19-7-18-10/h1,3,5,9H,2,4,6-7H2,(H,14,17)(H,15,16). The molecule has 2 aliphatic rings. The van der Waals surface area contributed by atoms with Crippen LogP contribution >= 0.6 is 0 Å². The Labute approximate surface area is 110 Å². The van der Waals surface area contributed by atoms with Gasteiger partial charge in [0, 0.05) is 24.6 Å². The molecule has 1 aromatic rings. The quantitative estimate of drug-likeness (QED) is 0.828. The second-order valence-electron chi connectivity index (χ2n) is 4.58. The van der Waals surface area contributed by atoms with Crippen LogP contribution in [0.4, 0.5) is 0 Å². The first-order chi connectivity index (χ1) is 9.22. The van der Waals surface area contributed by atoms with E-state index in [1.165, 1.54) is 0 Å². The van der Waals surface area contributed by atoms with Gasteiger partial charge in [-0.3, -0.25) is 9.59 Å². The summed E-state index contributed by atoms with van der Waals surface area (Å²) in [5.74, 6) is 1.10. The van der Waals surface area contributed by atoms with Crippen LogP contribution in [0.15, 0.2) is 18.2 Å². The molecule has 6 nitrogen and oxygen atoms in total. The second-order valence-corrected chi connectivity index (χ2v) is 4.58. The van der Waals surface area contributed by atoms with Crippen molar-refractivity contribution < 1.29 is 19.1 Å². The highest BCUT2D eigenvalue weighted by Gasteiger charge is 2.21. The third-order valence-corrected chi connectivity index (χ3v) is 3.23. The summed E-state index contributed by atoms with van der Waals surface area (Å²) < 4.78 is 10.4. The van der Waals surface area contributed by atoms with E-state index in [0.717, 1.165) is 6.42 Å². The van der Waals surface area contributed by atoms with Gasteiger partial charge in [0.25, 0.3) is 5.91 Å². The third-order valence-electron chi connectivity index (χ3n) is 3.23. The molecule has 2 heterocycles. The smallest absolute Gasteiger partial charge is 0.251 e. The Morgan fingerprint density at radius 1 is 1.37 bits per heavy atom. The lowest BCUT2D eigenvalue weighted by molar-refractivity contribution is -0.119. The molecule has 0 aliphatic carbocycles. The molecule has 100 valence electrons. The number of benzene rings is 1. The molecule has 2 amide bonds. The number of ether oxygens (including phenoxy) is 2. The topological polar surface area (TPSA) is 76.7 Å². The van der Waals surface area contributed by atoms with Crippen LogP contribution in [0.2, 0.25) is 0 Å². The molecule has 2 N–H and O–H groups in total. The zero-order valence-corrected chi connectivity index (χ0v) is 10.3. The summed E-state index contributed by atoms with van der Waals surface area (Å²) in [6, 6.07) is 5.10. The fourth-order valence-electron chi connectivity index (χ4n) is 2.19. The van der Waals surface area contributed by atoms with Crippen molar-refractivity contribution in [3.8, 4) is 11.5 Å². The van der Waals surface area contributed by atoms with Gasteiger partial charge in [0.2, 0.25) is 12.7 Å². The summed E-state index contributed by atoms with van der Waals surface area (Å²) in [5, 5.41) is 5.61. The highest BCUT2D eigenvalue weighted by atomic mass is 16.7. The lowest BCUT2D eigenvalue weighted by Gasteiger charge is -2.11. The summed E-state index contributed by atoms with van der Waals surface area (Å²) in [6.45, 7) is 0.632. The number of hydrogen-bond donors (Lipinski definition) is 2. The molecular formula is C13H14N2O4. The number of fused-ring (bicyclic) bond motifs is 1. The SMILES string of the molecule is O=C1CCC(CNC(=O)c2ccc3c(c2)OCO3)N1. The monoisotopic (exact) mass is 262 g/mol. The maximum absolute atomic E-state index is 12.0. The average molecular weight is 262 g/mol. The van der Waals surface area contributed by atoms with E-state index >= 15 is 0 Å². The lowest BCUT2D eigenvalue weighted by atomic mass is 10.1. The molecule has 6 heteroatoms. The number of amides is 2. The van der Waals surface area contributed by atoms with Crippen LogP contribution in [-0.2, 0) is 4.79 Å². The van der Waals surface area contributed by atoms with Crippen molar-refractivity contribution in [2.45, 2.75) is 18.9 Å². The van der Waals surface area contributed by atoms with Crippen molar-refractivity contribution in [1.82, 2.24) is 10.6 Å². The largest absolute Gasteiger partial charge is 0.454 e. The average Bonchev–Trinajstić information content (AvgIpc) is 3.03. The molecule has 0 radical (unpaired) electrons. The van der Waals surface area contributed by atoms with Crippen molar-refractivity contribution in [3.05, 3.63) is 23.8 Å². The fourth-order valence-corrected chi connectivity index (χ4v) is 2.19. The van der Waals surface area contributed by atoms with Crippen LogP contribution < -0.4 is 20.1 Å². The maximum atomic E-state index is 12.0. The number of hydrogen-bond acceptors (Lipinski definition) is 4. The highest BCUT2D eigenvalue weighted by Crippen LogP contribution is 2.32. The fraction of sp³-hybridized carbons (Fsp3) is 0.385. The molecule has 3 rings (SSSR count). The predicted molar refractivity (Wildman–Crippen MR) is 66.1 cm³/mol. The van der Waals surface area contributed by atoms with E-state index in [-0.39, 0.29) is 24.6 Å². The first-order valence-corrected chi connectivity index (χ1v) is 6.19. The van der Waals surface area contributed by atoms with Crippen molar-refractivity contribution in [3.63, 3.8) is 0 Å². The van der Waals surface area contributed by atoms with E-state index in [2.05, 4.69) is 10.6 Å². The predicted octanol–water partition coefficient (Wildman–Crippen LogP) is 0.424. The molecule has 1 saturated heterocycles. The Bertz CT molecular complexity index is 529. The molecule has 0 bridgehead atoms. The maximum Gasteiger partial charge on any atom is 0.251 e. The minimum atomic E-state index is -0.181. The number of carbonyl (C=O) groups excluding carboxylic acids is 2. The summed E-state index contributed by atoms with van der Waals surface area (Å²) in [5.41, 5.74) is 0.522. The zero-order valence-electron chi connectivity index (χ0n) is 10.3. The van der Waals surface area contributed by atoms with Gasteiger partial charge in [-0.05, 0) is 24.6 Å². The van der Waals surface area contributed by atoms with Crippen molar-refractivity contribution >= 4 is 11.8 Å². The van der Waals surface area contributed by atoms with Gasteiger partial charge in [0.15, 0.2) is 11.5 Å². The summed E-state index contributed by atoms with van der Waals surface area (Å²) in [4.78, 5) is 23.0. The van der Waals surface area contributed by atoms with Crippen LogP contribution in [0, 0.1) is 0 Å². The van der Waals surface area contributed by atoms with Crippen molar-refractivity contribution in [2.75, 3.05) is 13.3 Å². The molecule has 1 fully saturated rings. The van der Waals surface area contributed by atoms with Crippen molar-refractivity contribution in [1.29, 1.82) is 0 Å². The Morgan fingerprint density at radius 2 is 2.21 bits per heavy atom. The Morgan fingerprint density at radius 3 is 3.00 bits per heavy atom. The summed E-state index contributed by atoms with van der Waals surface area (Å²) in [6.07, 6.45) is 1.30. The summed E-state index contributed by atoms with van der Waals surface area (Å²) >= 11 is 0. The van der Waals surface area contributed by atoms with Gasteiger partial charge < -0.3 is 20.1 Å². The number of rotatable bonds is 3. The summed E-state index contributed by atoms with van der Waals surface area (Å²) in [7, 11) is 0. The third kappa shape index (κ3) is 2.47. The molecule has 19 heavy (non-hydrogen) atoms. The van der Waals surface area contributed by atoms with Crippen LogP contribution in [0.3, 0.4) is 0 Å². The van der Waals surface area contributed by atoms with E-state index in [1.54, 1.807) is 18.2 Å². The van der Waals surface area contributed by atoms with Gasteiger partial charge >= 0.3 is 0 Å². The van der Waals surface area contributed by atoms with Crippen LogP contribution in [-0.4, -0.2) is 31.2 Å². The first-order valence-electron chi connectivity index (χ1n) is 6.19. The van der Waals surface area contributed by atoms with Gasteiger partial charge in [-0.25, -0.2) is 0 Å². The molecule has 1 aromatic carbocycles. The van der Waals surface area contributed by atoms with Gasteiger partial charge in [-0.15, -0.1) is 0 Å². The Hall–Kier alpha value is -2.24. The van der Waals surface area contributed by atoms with E-state index in [0.29, 0.717) is 30.0 Å². The van der Waals surface area contributed by atoms with Crippen LogP contribution in [0.25, 0.3) is 0 Å². The highest BCUT2D eigenvalue weighted by molar-refractivity contribution is 5.95. The molecular weight excluding hydrogens is 248 g/mol. The van der Waals surface area contributed by atoms with E-state index in [9.17, 15) is 9.59 Å². The van der Waals surface area contributed by atoms with E-state index < -0.39 is 0 Å². The van der Waals surface area contributed by atoms with Gasteiger partial charge in [0.05, 0.1) is 0 Å². The Kier molecular flexibility index (Phi) is 2.98.